The number of carbonyl (C=O) groups is 1. The first-order chi connectivity index (χ1) is 10.6. The number of aryl methyl sites for hydroxylation is 2. The number of aromatic nitrogens is 1. The summed E-state index contributed by atoms with van der Waals surface area (Å²) in [5.74, 6) is 0.0436. The van der Waals surface area contributed by atoms with Crippen molar-refractivity contribution in [2.75, 3.05) is 5.32 Å². The van der Waals surface area contributed by atoms with Crippen molar-refractivity contribution < 1.29 is 4.79 Å². The summed E-state index contributed by atoms with van der Waals surface area (Å²) >= 11 is 2.27. The van der Waals surface area contributed by atoms with Gasteiger partial charge in [0, 0.05) is 33.9 Å². The van der Waals surface area contributed by atoms with E-state index in [0.29, 0.717) is 13.0 Å². The van der Waals surface area contributed by atoms with E-state index in [2.05, 4.69) is 56.7 Å². The Labute approximate surface area is 143 Å². The molecule has 0 saturated carbocycles. The summed E-state index contributed by atoms with van der Waals surface area (Å²) in [6.07, 6.45) is 2.50. The van der Waals surface area contributed by atoms with Gasteiger partial charge in [-0.3, -0.25) is 4.79 Å². The minimum Gasteiger partial charge on any atom is -0.347 e. The van der Waals surface area contributed by atoms with Gasteiger partial charge in [-0.15, -0.1) is 0 Å². The molecule has 0 unspecified atom stereocenters. The minimum absolute atomic E-state index is 0.0436. The number of hydrogen-bond acceptors (Lipinski definition) is 1. The molecule has 0 radical (unpaired) electrons. The molecule has 0 aliphatic heterocycles. The van der Waals surface area contributed by atoms with Gasteiger partial charge >= 0.3 is 0 Å². The van der Waals surface area contributed by atoms with Crippen LogP contribution in [0, 0.1) is 10.5 Å². The quantitative estimate of drug-likeness (QED) is 0.635. The summed E-state index contributed by atoms with van der Waals surface area (Å²) in [6.45, 7) is 2.69. The molecule has 1 aromatic heterocycles. The van der Waals surface area contributed by atoms with Gasteiger partial charge in [0.05, 0.1) is 0 Å². The smallest absolute Gasteiger partial charge is 0.226 e. The van der Waals surface area contributed by atoms with Gasteiger partial charge in [-0.25, -0.2) is 0 Å². The Morgan fingerprint density at radius 3 is 2.82 bits per heavy atom. The SMILES string of the molecule is Cc1cc(I)ccc1NC(=O)CCn1ccc2ccccc21. The summed E-state index contributed by atoms with van der Waals surface area (Å²) in [7, 11) is 0. The monoisotopic (exact) mass is 404 g/mol. The Bertz CT molecular complexity index is 823. The van der Waals surface area contributed by atoms with Crippen LogP contribution in [-0.4, -0.2) is 10.5 Å². The van der Waals surface area contributed by atoms with E-state index in [1.165, 1.54) is 14.5 Å². The zero-order valence-electron chi connectivity index (χ0n) is 12.3. The predicted octanol–water partition coefficient (Wildman–Crippen LogP) is 4.58. The van der Waals surface area contributed by atoms with Crippen molar-refractivity contribution in [1.29, 1.82) is 0 Å². The first kappa shape index (κ1) is 15.1. The fraction of sp³-hybridized carbons (Fsp3) is 0.167. The number of anilines is 1. The lowest BCUT2D eigenvalue weighted by atomic mass is 10.2. The average molecular weight is 404 g/mol. The Morgan fingerprint density at radius 1 is 1.18 bits per heavy atom. The van der Waals surface area contributed by atoms with Gasteiger partial charge in [0.1, 0.15) is 0 Å². The molecule has 0 bridgehead atoms. The molecule has 1 heterocycles. The number of halogens is 1. The van der Waals surface area contributed by atoms with Crippen LogP contribution in [0.2, 0.25) is 0 Å². The topological polar surface area (TPSA) is 34.0 Å². The molecule has 0 fully saturated rings. The highest BCUT2D eigenvalue weighted by Gasteiger charge is 2.07. The van der Waals surface area contributed by atoms with E-state index in [9.17, 15) is 4.79 Å². The number of fused-ring (bicyclic) bond motifs is 1. The maximum Gasteiger partial charge on any atom is 0.226 e. The van der Waals surface area contributed by atoms with Crippen LogP contribution in [0.25, 0.3) is 10.9 Å². The molecule has 0 aliphatic carbocycles. The highest BCUT2D eigenvalue weighted by Crippen LogP contribution is 2.19. The van der Waals surface area contributed by atoms with Crippen LogP contribution in [0.3, 0.4) is 0 Å². The van der Waals surface area contributed by atoms with E-state index in [-0.39, 0.29) is 5.91 Å². The third kappa shape index (κ3) is 3.32. The number of para-hydroxylation sites is 1. The molecule has 1 N–H and O–H groups in total. The van der Waals surface area contributed by atoms with Crippen LogP contribution in [0.4, 0.5) is 5.69 Å². The number of nitrogens with zero attached hydrogens (tertiary/aromatic N) is 1. The highest BCUT2D eigenvalue weighted by atomic mass is 127. The second kappa shape index (κ2) is 6.52. The maximum atomic E-state index is 12.2. The van der Waals surface area contributed by atoms with Crippen molar-refractivity contribution in [1.82, 2.24) is 4.57 Å². The second-order valence-corrected chi connectivity index (χ2v) is 6.57. The van der Waals surface area contributed by atoms with E-state index in [1.807, 2.05) is 37.4 Å². The van der Waals surface area contributed by atoms with E-state index in [4.69, 9.17) is 0 Å². The van der Waals surface area contributed by atoms with Crippen molar-refractivity contribution in [3.63, 3.8) is 0 Å². The largest absolute Gasteiger partial charge is 0.347 e. The van der Waals surface area contributed by atoms with Crippen molar-refractivity contribution in [3.05, 3.63) is 63.9 Å². The Morgan fingerprint density at radius 2 is 2.00 bits per heavy atom. The molecule has 3 aromatic rings. The molecule has 0 atom stereocenters. The molecule has 0 aliphatic rings. The lowest BCUT2D eigenvalue weighted by molar-refractivity contribution is -0.116. The predicted molar refractivity (Wildman–Crippen MR) is 99.1 cm³/mol. The molecular weight excluding hydrogens is 387 g/mol. The van der Waals surface area contributed by atoms with Gasteiger partial charge < -0.3 is 9.88 Å². The van der Waals surface area contributed by atoms with Crippen LogP contribution in [-0.2, 0) is 11.3 Å². The standard InChI is InChI=1S/C18H17IN2O/c1-13-12-15(19)6-7-16(13)20-18(22)9-11-21-10-8-14-4-2-3-5-17(14)21/h2-8,10,12H,9,11H2,1H3,(H,20,22). The normalized spacial score (nSPS) is 10.8. The zero-order chi connectivity index (χ0) is 15.5. The zero-order valence-corrected chi connectivity index (χ0v) is 14.5. The highest BCUT2D eigenvalue weighted by molar-refractivity contribution is 14.1. The van der Waals surface area contributed by atoms with Crippen molar-refractivity contribution in [3.8, 4) is 0 Å². The van der Waals surface area contributed by atoms with Crippen molar-refractivity contribution >= 4 is 45.1 Å². The molecular formula is C18H17IN2O. The first-order valence-corrected chi connectivity index (χ1v) is 8.31. The number of nitrogens with one attached hydrogen (secondary N) is 1. The summed E-state index contributed by atoms with van der Waals surface area (Å²) in [5, 5.41) is 4.20. The van der Waals surface area contributed by atoms with Crippen LogP contribution >= 0.6 is 22.6 Å². The molecule has 0 saturated heterocycles. The van der Waals surface area contributed by atoms with Crippen LogP contribution in [0.1, 0.15) is 12.0 Å². The third-order valence-electron chi connectivity index (χ3n) is 3.72. The summed E-state index contributed by atoms with van der Waals surface area (Å²) in [6, 6.07) is 16.3. The number of rotatable bonds is 4. The van der Waals surface area contributed by atoms with E-state index in [1.54, 1.807) is 0 Å². The minimum atomic E-state index is 0.0436. The van der Waals surface area contributed by atoms with Gasteiger partial charge in [-0.05, 0) is 70.8 Å². The van der Waals surface area contributed by atoms with E-state index >= 15 is 0 Å². The Kier molecular flexibility index (Phi) is 4.47. The van der Waals surface area contributed by atoms with E-state index < -0.39 is 0 Å². The molecule has 3 rings (SSSR count). The van der Waals surface area contributed by atoms with Crippen molar-refractivity contribution in [2.45, 2.75) is 19.9 Å². The number of hydrogen-bond donors (Lipinski definition) is 1. The molecule has 112 valence electrons. The lowest BCUT2D eigenvalue weighted by Crippen LogP contribution is -2.15. The van der Waals surface area contributed by atoms with Gasteiger partial charge in [0.25, 0.3) is 0 Å². The molecule has 2 aromatic carbocycles. The Hall–Kier alpha value is -1.82. The first-order valence-electron chi connectivity index (χ1n) is 7.23. The summed E-state index contributed by atoms with van der Waals surface area (Å²) < 4.78 is 3.29. The number of benzene rings is 2. The second-order valence-electron chi connectivity index (χ2n) is 5.33. The van der Waals surface area contributed by atoms with Gasteiger partial charge in [0.2, 0.25) is 5.91 Å². The van der Waals surface area contributed by atoms with Gasteiger partial charge in [0.15, 0.2) is 0 Å². The average Bonchev–Trinajstić information content (AvgIpc) is 2.91. The fourth-order valence-electron chi connectivity index (χ4n) is 2.54. The molecule has 3 nitrogen and oxygen atoms in total. The third-order valence-corrected chi connectivity index (χ3v) is 4.39. The van der Waals surface area contributed by atoms with Gasteiger partial charge in [-0.1, -0.05) is 18.2 Å². The fourth-order valence-corrected chi connectivity index (χ4v) is 3.18. The Balaban J connectivity index is 1.65. The van der Waals surface area contributed by atoms with Crippen molar-refractivity contribution in [2.24, 2.45) is 0 Å². The molecule has 1 amide bonds. The number of amides is 1. The number of carbonyl (C=O) groups excluding carboxylic acids is 1. The van der Waals surface area contributed by atoms with Crippen LogP contribution in [0.5, 0.6) is 0 Å². The lowest BCUT2D eigenvalue weighted by Gasteiger charge is -2.10. The molecule has 22 heavy (non-hydrogen) atoms. The summed E-state index contributed by atoms with van der Waals surface area (Å²) in [5.41, 5.74) is 3.15. The van der Waals surface area contributed by atoms with Gasteiger partial charge in [-0.2, -0.15) is 0 Å². The van der Waals surface area contributed by atoms with Crippen LogP contribution < -0.4 is 5.32 Å². The molecule has 0 spiro atoms. The molecule has 4 heteroatoms. The van der Waals surface area contributed by atoms with E-state index in [0.717, 1.165) is 11.3 Å². The van der Waals surface area contributed by atoms with Crippen LogP contribution in [0.15, 0.2) is 54.7 Å². The maximum absolute atomic E-state index is 12.2. The summed E-state index contributed by atoms with van der Waals surface area (Å²) in [4.78, 5) is 12.2.